The van der Waals surface area contributed by atoms with Gasteiger partial charge in [-0.15, -0.1) is 0 Å². The number of rotatable bonds is 10. The van der Waals surface area contributed by atoms with Crippen molar-refractivity contribution < 1.29 is 19.1 Å². The van der Waals surface area contributed by atoms with Gasteiger partial charge in [-0.2, -0.15) is 0 Å². The van der Waals surface area contributed by atoms with E-state index in [4.69, 9.17) is 4.74 Å². The molecule has 0 saturated heterocycles. The second-order valence-corrected chi connectivity index (χ2v) is 13.0. The molecule has 3 aromatic rings. The fourth-order valence-electron chi connectivity index (χ4n) is 5.48. The molecule has 1 fully saturated rings. The summed E-state index contributed by atoms with van der Waals surface area (Å²) in [7, 11) is 1.74. The summed E-state index contributed by atoms with van der Waals surface area (Å²) in [5.74, 6) is 0.333. The van der Waals surface area contributed by atoms with E-state index in [1.807, 2.05) is 83.1 Å². The van der Waals surface area contributed by atoms with E-state index in [1.54, 1.807) is 19.4 Å². The molecule has 10 heteroatoms. The number of nitrogens with one attached hydrogen (secondary N) is 3. The molecule has 2 aromatic carbocycles. The van der Waals surface area contributed by atoms with Crippen LogP contribution in [0.15, 0.2) is 65.9 Å². The van der Waals surface area contributed by atoms with Crippen LogP contribution < -0.4 is 16.0 Å². The molecule has 0 aliphatic heterocycles. The van der Waals surface area contributed by atoms with E-state index < -0.39 is 17.7 Å². The van der Waals surface area contributed by atoms with Crippen LogP contribution >= 0.6 is 0 Å². The molecule has 0 radical (unpaired) electrons. The highest BCUT2D eigenvalue weighted by atomic mass is 16.6. The van der Waals surface area contributed by atoms with E-state index in [9.17, 15) is 14.4 Å². The van der Waals surface area contributed by atoms with Gasteiger partial charge in [0.2, 0.25) is 11.8 Å². The third-order valence-electron chi connectivity index (χ3n) is 8.17. The Morgan fingerprint density at radius 1 is 0.978 bits per heavy atom. The Kier molecular flexibility index (Phi) is 11.6. The summed E-state index contributed by atoms with van der Waals surface area (Å²) in [6, 6.07) is 14.6. The number of anilines is 1. The van der Waals surface area contributed by atoms with Crippen LogP contribution in [0.1, 0.15) is 70.3 Å². The molecule has 1 heterocycles. The highest BCUT2D eigenvalue weighted by Crippen LogP contribution is 2.29. The predicted molar refractivity (Wildman–Crippen MR) is 181 cm³/mol. The number of carbonyl (C=O) groups is 3. The Morgan fingerprint density at radius 3 is 2.28 bits per heavy atom. The molecule has 1 aromatic heterocycles. The second-order valence-electron chi connectivity index (χ2n) is 13.0. The number of hydrogen-bond donors (Lipinski definition) is 3. The number of hydrogen-bond acceptors (Lipinski definition) is 7. The monoisotopic (exact) mass is 626 g/mol. The molecule has 3 N–H and O–H groups in total. The van der Waals surface area contributed by atoms with Crippen LogP contribution in [-0.2, 0) is 20.7 Å². The summed E-state index contributed by atoms with van der Waals surface area (Å²) >= 11 is 0. The lowest BCUT2D eigenvalue weighted by molar-refractivity contribution is -0.130. The zero-order valence-electron chi connectivity index (χ0n) is 27.7. The maximum absolute atomic E-state index is 13.7. The Bertz CT molecular complexity index is 1520. The van der Waals surface area contributed by atoms with Crippen LogP contribution in [0.2, 0.25) is 0 Å². The molecule has 244 valence electrons. The van der Waals surface area contributed by atoms with Gasteiger partial charge in [0.25, 0.3) is 0 Å². The van der Waals surface area contributed by atoms with Gasteiger partial charge < -0.3 is 20.7 Å². The van der Waals surface area contributed by atoms with Crippen molar-refractivity contribution in [3.8, 4) is 11.1 Å². The van der Waals surface area contributed by atoms with Crippen LogP contribution in [0.4, 0.5) is 10.5 Å². The van der Waals surface area contributed by atoms with Crippen molar-refractivity contribution in [1.82, 2.24) is 20.6 Å². The fourth-order valence-corrected chi connectivity index (χ4v) is 5.48. The summed E-state index contributed by atoms with van der Waals surface area (Å²) in [6.45, 7) is 9.78. The van der Waals surface area contributed by atoms with Crippen molar-refractivity contribution in [3.63, 3.8) is 0 Å². The van der Waals surface area contributed by atoms with E-state index >= 15 is 0 Å². The Hall–Kier alpha value is -4.60. The maximum Gasteiger partial charge on any atom is 0.407 e. The lowest BCUT2D eigenvalue weighted by Crippen LogP contribution is -2.48. The van der Waals surface area contributed by atoms with Crippen LogP contribution in [0, 0.1) is 18.8 Å². The van der Waals surface area contributed by atoms with E-state index in [0.29, 0.717) is 37.3 Å². The van der Waals surface area contributed by atoms with E-state index in [2.05, 4.69) is 30.9 Å². The molecule has 3 amide bonds. The summed E-state index contributed by atoms with van der Waals surface area (Å²) in [5.41, 5.74) is 4.68. The predicted octanol–water partition coefficient (Wildman–Crippen LogP) is 5.89. The molecular weight excluding hydrogens is 580 g/mol. The molecule has 4 rings (SSSR count). The molecule has 1 aliphatic carbocycles. The molecule has 1 unspecified atom stereocenters. The number of alkyl carbamates (subject to hydrolysis) is 1. The van der Waals surface area contributed by atoms with Gasteiger partial charge in [0.1, 0.15) is 17.5 Å². The van der Waals surface area contributed by atoms with Gasteiger partial charge in [-0.1, -0.05) is 36.4 Å². The van der Waals surface area contributed by atoms with Crippen molar-refractivity contribution in [1.29, 1.82) is 0 Å². The Labute approximate surface area is 271 Å². The van der Waals surface area contributed by atoms with Gasteiger partial charge >= 0.3 is 6.09 Å². The summed E-state index contributed by atoms with van der Waals surface area (Å²) < 4.78 is 5.34. The Morgan fingerprint density at radius 2 is 1.65 bits per heavy atom. The minimum absolute atomic E-state index is 0.132. The number of amides is 3. The molecule has 1 atom stereocenters. The highest BCUT2D eigenvalue weighted by Gasteiger charge is 2.30. The first-order chi connectivity index (χ1) is 21.9. The van der Waals surface area contributed by atoms with Gasteiger partial charge in [-0.3, -0.25) is 14.6 Å². The summed E-state index contributed by atoms with van der Waals surface area (Å²) in [4.78, 5) is 52.1. The SMILES string of the molecule is CN=C(C)c1ccc(NC(=O)C(Cc2cccc(-c3cnc(C)nc3)c2)NC(=O)C2CCC(CNC(=O)OC(C)(C)C)CC2)cc1. The second kappa shape index (κ2) is 15.6. The van der Waals surface area contributed by atoms with Crippen LogP contribution in [-0.4, -0.2) is 58.8 Å². The Balaban J connectivity index is 1.43. The first kappa shape index (κ1) is 34.3. The first-order valence-electron chi connectivity index (χ1n) is 15.9. The number of carbonyl (C=O) groups excluding carboxylic acids is 3. The van der Waals surface area contributed by atoms with Gasteiger partial charge in [0.05, 0.1) is 0 Å². The number of aromatic nitrogens is 2. The molecular formula is C36H46N6O4. The normalized spacial score (nSPS) is 17.5. The van der Waals surface area contributed by atoms with E-state index in [1.165, 1.54) is 0 Å². The topological polar surface area (TPSA) is 135 Å². The fraction of sp³-hybridized carbons (Fsp3) is 0.444. The zero-order valence-corrected chi connectivity index (χ0v) is 27.7. The van der Waals surface area contributed by atoms with Crippen molar-refractivity contribution in [2.45, 2.75) is 78.4 Å². The lowest BCUT2D eigenvalue weighted by atomic mass is 9.81. The van der Waals surface area contributed by atoms with Gasteiger partial charge in [0, 0.05) is 55.3 Å². The van der Waals surface area contributed by atoms with Gasteiger partial charge in [0.15, 0.2) is 0 Å². The number of benzene rings is 2. The molecule has 46 heavy (non-hydrogen) atoms. The molecule has 0 bridgehead atoms. The first-order valence-corrected chi connectivity index (χ1v) is 15.9. The minimum atomic E-state index is -0.790. The number of ether oxygens (including phenoxy) is 1. The average molecular weight is 627 g/mol. The molecule has 1 aliphatic rings. The third-order valence-corrected chi connectivity index (χ3v) is 8.17. The largest absolute Gasteiger partial charge is 0.444 e. The summed E-state index contributed by atoms with van der Waals surface area (Å²) in [5, 5.41) is 8.91. The molecule has 1 saturated carbocycles. The van der Waals surface area contributed by atoms with Gasteiger partial charge in [-0.25, -0.2) is 14.8 Å². The standard InChI is InChI=1S/C36H46N6O4/c1-23(37-6)27-14-16-31(17-15-27)41-34(44)32(19-26-8-7-9-29(18-26)30-21-38-24(2)39-22-30)42-33(43)28-12-10-25(11-13-28)20-40-35(45)46-36(3,4)5/h7-9,14-18,21-22,25,28,32H,10-13,19-20H2,1-6H3,(H,40,45)(H,41,44)(H,42,43). The van der Waals surface area contributed by atoms with E-state index in [-0.39, 0.29) is 23.7 Å². The van der Waals surface area contributed by atoms with Crippen LogP contribution in [0.5, 0.6) is 0 Å². The van der Waals surface area contributed by atoms with Crippen molar-refractivity contribution in [2.24, 2.45) is 16.8 Å². The van der Waals surface area contributed by atoms with Crippen molar-refractivity contribution in [3.05, 3.63) is 77.9 Å². The quantitative estimate of drug-likeness (QED) is 0.240. The molecule has 0 spiro atoms. The zero-order chi connectivity index (χ0) is 33.3. The number of aryl methyl sites for hydroxylation is 1. The number of nitrogens with zero attached hydrogens (tertiary/aromatic N) is 3. The summed E-state index contributed by atoms with van der Waals surface area (Å²) in [6.07, 6.45) is 6.42. The third kappa shape index (κ3) is 10.2. The van der Waals surface area contributed by atoms with Crippen molar-refractivity contribution in [2.75, 3.05) is 18.9 Å². The van der Waals surface area contributed by atoms with Crippen LogP contribution in [0.25, 0.3) is 11.1 Å². The van der Waals surface area contributed by atoms with Crippen LogP contribution in [0.3, 0.4) is 0 Å². The van der Waals surface area contributed by atoms with Crippen molar-refractivity contribution >= 4 is 29.3 Å². The molecule has 10 nitrogen and oxygen atoms in total. The lowest BCUT2D eigenvalue weighted by Gasteiger charge is -2.29. The maximum atomic E-state index is 13.7. The highest BCUT2D eigenvalue weighted by molar-refractivity contribution is 6.00. The van der Waals surface area contributed by atoms with Gasteiger partial charge in [-0.05, 0) is 95.0 Å². The number of aliphatic imine (C=N–C) groups is 1. The smallest absolute Gasteiger partial charge is 0.407 e. The minimum Gasteiger partial charge on any atom is -0.444 e. The van der Waals surface area contributed by atoms with E-state index in [0.717, 1.165) is 40.8 Å². The average Bonchev–Trinajstić information content (AvgIpc) is 3.03.